The molecule has 16 nitrogen and oxygen atoms in total. The van der Waals surface area contributed by atoms with Gasteiger partial charge in [0.1, 0.15) is 35.6 Å². The molecule has 3 saturated carbocycles. The summed E-state index contributed by atoms with van der Waals surface area (Å²) in [5.41, 5.74) is -6.98. The van der Waals surface area contributed by atoms with Crippen LogP contribution in [0.2, 0.25) is 0 Å². The number of carbonyl (C=O) groups is 7. The molecule has 5 aliphatic rings. The fourth-order valence-corrected chi connectivity index (χ4v) is 10.7. The molecule has 4 aliphatic carbocycles. The van der Waals surface area contributed by atoms with Crippen molar-refractivity contribution in [3.8, 4) is 0 Å². The quantitative estimate of drug-likeness (QED) is 0.163. The lowest BCUT2D eigenvalue weighted by molar-refractivity contribution is -0.323. The number of Topliss-reactive ketones (excluding diaryl/α,β-unsaturated/α-hetero) is 1. The van der Waals surface area contributed by atoms with Crippen molar-refractivity contribution in [2.24, 2.45) is 22.7 Å². The van der Waals surface area contributed by atoms with Gasteiger partial charge in [0.05, 0.1) is 18.1 Å². The standard InChI is InChI=1S/C48H57NO15/c1-10-33(52)61-37(35(28-17-13-11-14-18-28)49-43(56)64-44(5,6)7)42(55)60-31-23-48(57)40(62-41(54)29-19-15-12-16-20-29)38-46(22-30(46)21-32-47(38,24-58-32)63-27(4)51)39(53)36(59-26(3)50)34(25(31)2)45(48,8)9/h11-20,30-32,35-38,40,57H,10,21-24H2,1-9H3,(H,49,56)/t30-,31+,32-,35+,36+,37-,38+,40+,46-,47+,48-/m1/s1. The highest BCUT2D eigenvalue weighted by molar-refractivity contribution is 5.97. The summed E-state index contributed by atoms with van der Waals surface area (Å²) in [4.78, 5) is 97.3. The molecule has 0 radical (unpaired) electrons. The van der Waals surface area contributed by atoms with Crippen molar-refractivity contribution in [2.45, 2.75) is 141 Å². The summed E-state index contributed by atoms with van der Waals surface area (Å²) in [5, 5.41) is 16.5. The zero-order chi connectivity index (χ0) is 46.7. The molecule has 344 valence electrons. The van der Waals surface area contributed by atoms with Crippen LogP contribution in [0.4, 0.5) is 4.79 Å². The maximum Gasteiger partial charge on any atom is 0.408 e. The smallest absolute Gasteiger partial charge is 0.408 e. The van der Waals surface area contributed by atoms with Crippen LogP contribution in [0.25, 0.3) is 0 Å². The molecule has 11 atom stereocenters. The zero-order valence-corrected chi connectivity index (χ0v) is 37.6. The summed E-state index contributed by atoms with van der Waals surface area (Å²) in [5.74, 6) is -6.48. The predicted molar refractivity (Wildman–Crippen MR) is 224 cm³/mol. The van der Waals surface area contributed by atoms with Gasteiger partial charge in [0, 0.05) is 37.5 Å². The molecule has 7 rings (SSSR count). The number of benzene rings is 2. The van der Waals surface area contributed by atoms with Crippen LogP contribution in [-0.2, 0) is 57.1 Å². The van der Waals surface area contributed by atoms with E-state index in [2.05, 4.69) is 5.32 Å². The van der Waals surface area contributed by atoms with Gasteiger partial charge in [-0.15, -0.1) is 0 Å². The molecule has 1 saturated heterocycles. The van der Waals surface area contributed by atoms with Crippen LogP contribution < -0.4 is 5.32 Å². The number of hydrogen-bond acceptors (Lipinski definition) is 15. The number of esters is 5. The first-order valence-corrected chi connectivity index (χ1v) is 21.7. The summed E-state index contributed by atoms with van der Waals surface area (Å²) >= 11 is 0. The Morgan fingerprint density at radius 1 is 0.906 bits per heavy atom. The van der Waals surface area contributed by atoms with Crippen molar-refractivity contribution >= 4 is 41.7 Å². The second kappa shape index (κ2) is 16.7. The third-order valence-corrected chi connectivity index (χ3v) is 13.7. The minimum atomic E-state index is -2.28. The summed E-state index contributed by atoms with van der Waals surface area (Å²) in [7, 11) is 0. The molecular weight excluding hydrogens is 831 g/mol. The number of ketones is 1. The summed E-state index contributed by atoms with van der Waals surface area (Å²) in [6, 6.07) is 15.0. The Morgan fingerprint density at radius 3 is 2.11 bits per heavy atom. The Bertz CT molecular complexity index is 2250. The minimum Gasteiger partial charge on any atom is -0.455 e. The third-order valence-electron chi connectivity index (χ3n) is 13.7. The number of alkyl carbamates (subject to hydrolysis) is 1. The molecule has 16 heteroatoms. The number of fused-ring (bicyclic) bond motifs is 4. The zero-order valence-electron chi connectivity index (χ0n) is 37.6. The molecule has 2 aromatic rings. The van der Waals surface area contributed by atoms with Gasteiger partial charge in [0.15, 0.2) is 17.5 Å². The maximum atomic E-state index is 15.6. The average Bonchev–Trinajstić information content (AvgIpc) is 3.95. The van der Waals surface area contributed by atoms with Crippen LogP contribution in [0.1, 0.15) is 110 Å². The van der Waals surface area contributed by atoms with Crippen molar-refractivity contribution in [2.75, 3.05) is 6.61 Å². The SMILES string of the molecule is CCC(=O)O[C@@H](C(=O)O[C@H]1C[C@@]2(O)[C@@H](OC(=O)c3ccccc3)[C@@H]3[C@]4(OC(C)=O)CO[C@@H]4C[C@@H]4C[C@@]43C(=O)[C@@H](OC(C)=O)C(=C1C)C2(C)C)[C@@H](NC(=O)OC(C)(C)C)c1ccccc1. The molecule has 1 amide bonds. The van der Waals surface area contributed by atoms with Gasteiger partial charge in [-0.3, -0.25) is 19.2 Å². The van der Waals surface area contributed by atoms with Crippen molar-refractivity contribution in [3.05, 3.63) is 82.9 Å². The van der Waals surface area contributed by atoms with E-state index < -0.39 is 124 Å². The molecule has 2 N–H and O–H groups in total. The first-order valence-electron chi connectivity index (χ1n) is 21.7. The normalized spacial score (nSPS) is 31.9. The van der Waals surface area contributed by atoms with Gasteiger partial charge in [-0.05, 0) is 75.3 Å². The Morgan fingerprint density at radius 2 is 1.55 bits per heavy atom. The van der Waals surface area contributed by atoms with Crippen LogP contribution in [0.15, 0.2) is 71.8 Å². The van der Waals surface area contributed by atoms with Crippen LogP contribution in [0, 0.1) is 22.7 Å². The van der Waals surface area contributed by atoms with E-state index in [1.165, 1.54) is 26.0 Å². The number of amides is 1. The van der Waals surface area contributed by atoms with Gasteiger partial charge in [-0.1, -0.05) is 69.3 Å². The van der Waals surface area contributed by atoms with Gasteiger partial charge >= 0.3 is 35.9 Å². The summed E-state index contributed by atoms with van der Waals surface area (Å²) in [6.07, 6.45) is -8.32. The predicted octanol–water partition coefficient (Wildman–Crippen LogP) is 5.43. The Kier molecular flexibility index (Phi) is 12.1. The second-order valence-electron chi connectivity index (χ2n) is 19.1. The second-order valence-corrected chi connectivity index (χ2v) is 19.1. The average molecular weight is 888 g/mol. The summed E-state index contributed by atoms with van der Waals surface area (Å²) < 4.78 is 42.3. The lowest BCUT2D eigenvalue weighted by Crippen LogP contribution is -2.78. The summed E-state index contributed by atoms with van der Waals surface area (Å²) in [6.45, 7) is 13.5. The molecule has 1 heterocycles. The maximum absolute atomic E-state index is 15.6. The molecule has 1 spiro atoms. The highest BCUT2D eigenvalue weighted by Gasteiger charge is 2.84. The first kappa shape index (κ1) is 46.4. The van der Waals surface area contributed by atoms with Gasteiger partial charge in [0.2, 0.25) is 6.10 Å². The number of rotatable bonds is 11. The fraction of sp³-hybridized carbons (Fsp3) is 0.562. The largest absolute Gasteiger partial charge is 0.455 e. The van der Waals surface area contributed by atoms with Crippen molar-refractivity contribution < 1.29 is 71.8 Å². The van der Waals surface area contributed by atoms with E-state index >= 15 is 4.79 Å². The first-order chi connectivity index (χ1) is 30.0. The van der Waals surface area contributed by atoms with Gasteiger partial charge in [-0.25, -0.2) is 14.4 Å². The number of aliphatic hydroxyl groups is 1. The lowest BCUT2D eigenvalue weighted by atomic mass is 9.48. The van der Waals surface area contributed by atoms with Crippen LogP contribution in [0.5, 0.6) is 0 Å². The number of carbonyl (C=O) groups excluding carboxylic acids is 7. The monoisotopic (exact) mass is 887 g/mol. The van der Waals surface area contributed by atoms with E-state index in [9.17, 15) is 33.9 Å². The van der Waals surface area contributed by atoms with Gasteiger partial charge in [0.25, 0.3) is 0 Å². The number of hydrogen-bond donors (Lipinski definition) is 2. The van der Waals surface area contributed by atoms with E-state index in [0.717, 1.165) is 6.92 Å². The fourth-order valence-electron chi connectivity index (χ4n) is 10.7. The van der Waals surface area contributed by atoms with E-state index in [1.54, 1.807) is 90.1 Å². The van der Waals surface area contributed by atoms with Crippen molar-refractivity contribution in [3.63, 3.8) is 0 Å². The molecule has 64 heavy (non-hydrogen) atoms. The highest BCUT2D eigenvalue weighted by atomic mass is 16.6. The minimum absolute atomic E-state index is 0.112. The topological polar surface area (TPSA) is 216 Å². The number of nitrogens with one attached hydrogen (secondary N) is 1. The molecular formula is C48H57NO15. The van der Waals surface area contributed by atoms with Gasteiger partial charge in [-0.2, -0.15) is 0 Å². The molecule has 4 fully saturated rings. The third kappa shape index (κ3) is 7.96. The molecule has 2 aromatic carbocycles. The molecule has 2 bridgehead atoms. The van der Waals surface area contributed by atoms with Crippen molar-refractivity contribution in [1.82, 2.24) is 5.32 Å². The van der Waals surface area contributed by atoms with Crippen LogP contribution in [0.3, 0.4) is 0 Å². The van der Waals surface area contributed by atoms with E-state index in [-0.39, 0.29) is 36.2 Å². The molecule has 1 aliphatic heterocycles. The Hall–Kier alpha value is -5.61. The van der Waals surface area contributed by atoms with Crippen LogP contribution in [-0.4, -0.2) is 101 Å². The van der Waals surface area contributed by atoms with E-state index in [0.29, 0.717) is 12.0 Å². The van der Waals surface area contributed by atoms with Gasteiger partial charge < -0.3 is 43.6 Å². The van der Waals surface area contributed by atoms with E-state index in [1.807, 2.05) is 0 Å². The lowest BCUT2D eigenvalue weighted by Gasteiger charge is -2.64. The Labute approximate surface area is 371 Å². The molecule has 0 aromatic heterocycles. The van der Waals surface area contributed by atoms with Crippen molar-refractivity contribution in [1.29, 1.82) is 0 Å². The molecule has 0 unspecified atom stereocenters. The Balaban J connectivity index is 1.40. The van der Waals surface area contributed by atoms with E-state index in [4.69, 9.17) is 33.2 Å². The number of ether oxygens (including phenoxy) is 7. The van der Waals surface area contributed by atoms with Crippen LogP contribution >= 0.6 is 0 Å². The highest BCUT2D eigenvalue weighted by Crippen LogP contribution is 2.74.